The number of halogens is 3. The van der Waals surface area contributed by atoms with Crippen LogP contribution in [0, 0.1) is 0 Å². The van der Waals surface area contributed by atoms with Gasteiger partial charge in [-0.05, 0) is 11.5 Å². The molecule has 0 spiro atoms. The molecule has 9 heteroatoms. The fourth-order valence-corrected chi connectivity index (χ4v) is 0.612. The summed E-state index contributed by atoms with van der Waals surface area (Å²) in [6, 6.07) is 0. The summed E-state index contributed by atoms with van der Waals surface area (Å²) in [5.41, 5.74) is 0. The molecule has 1 heterocycles. The maximum Gasteiger partial charge on any atom is 1.00 e. The topological polar surface area (TPSA) is 43.6 Å². The van der Waals surface area contributed by atoms with E-state index in [2.05, 4.69) is 15.4 Å². The van der Waals surface area contributed by atoms with Gasteiger partial charge in [0.15, 0.2) is 0 Å². The predicted octanol–water partition coefficient (Wildman–Crippen LogP) is -2.86. The minimum Gasteiger partial charge on any atom is -0.449 e. The summed E-state index contributed by atoms with van der Waals surface area (Å²) in [4.78, 5) is 0.997. The van der Waals surface area contributed by atoms with E-state index in [1.165, 1.54) is 7.05 Å². The van der Waals surface area contributed by atoms with Crippen molar-refractivity contribution in [1.29, 1.82) is 0 Å². The molecule has 0 aliphatic rings. The van der Waals surface area contributed by atoms with E-state index >= 15 is 0 Å². The Kier molecular flexibility index (Phi) is 4.92. The Morgan fingerprint density at radius 2 is 2.00 bits per heavy atom. The Hall–Kier alpha value is 0.561. The van der Waals surface area contributed by atoms with Gasteiger partial charge in [-0.3, -0.25) is 0 Å². The average Bonchev–Trinajstić information content (AvgIpc) is 2.10. The largest absolute Gasteiger partial charge is 1.00 e. The number of hydrogen-bond donors (Lipinski definition) is 0. The Bertz CT molecular complexity index is 248. The van der Waals surface area contributed by atoms with Gasteiger partial charge < -0.3 is 12.9 Å². The van der Waals surface area contributed by atoms with Crippen molar-refractivity contribution in [2.75, 3.05) is 0 Å². The molecule has 0 aliphatic carbocycles. The molecule has 0 aromatic carbocycles. The molecule has 62 valence electrons. The van der Waals surface area contributed by atoms with Crippen LogP contribution in [-0.4, -0.2) is 27.2 Å². The first kappa shape index (κ1) is 12.6. The minimum absolute atomic E-state index is 0. The minimum atomic E-state index is -4.85. The standard InChI is InChI=1S/C3H5BF3N4.K/c1-11-9-3(8-10-11)2-4(5,6)7;/h2H2,1H3;/q-1;+1. The number of rotatable bonds is 2. The summed E-state index contributed by atoms with van der Waals surface area (Å²) < 4.78 is 35.1. The molecule has 0 radical (unpaired) electrons. The van der Waals surface area contributed by atoms with Crippen LogP contribution in [0.25, 0.3) is 0 Å². The van der Waals surface area contributed by atoms with E-state index in [9.17, 15) is 12.9 Å². The van der Waals surface area contributed by atoms with Crippen molar-refractivity contribution in [3.63, 3.8) is 0 Å². The summed E-state index contributed by atoms with van der Waals surface area (Å²) in [5, 5.41) is 9.85. The van der Waals surface area contributed by atoms with Gasteiger partial charge in [0.25, 0.3) is 0 Å². The number of nitrogens with zero attached hydrogens (tertiary/aromatic N) is 4. The number of hydrogen-bond acceptors (Lipinski definition) is 3. The number of tetrazole rings is 1. The van der Waals surface area contributed by atoms with Crippen LogP contribution in [-0.2, 0) is 13.4 Å². The first-order valence-corrected chi connectivity index (χ1v) is 2.91. The van der Waals surface area contributed by atoms with Gasteiger partial charge in [-0.15, -0.1) is 10.2 Å². The van der Waals surface area contributed by atoms with Gasteiger partial charge in [-0.25, -0.2) is 0 Å². The molecule has 0 saturated heterocycles. The van der Waals surface area contributed by atoms with Crippen molar-refractivity contribution in [3.8, 4) is 0 Å². The van der Waals surface area contributed by atoms with Crippen molar-refractivity contribution in [2.24, 2.45) is 7.05 Å². The first-order valence-electron chi connectivity index (χ1n) is 2.91. The van der Waals surface area contributed by atoms with E-state index in [0.717, 1.165) is 4.80 Å². The van der Waals surface area contributed by atoms with E-state index in [1.807, 2.05) is 0 Å². The molecule has 0 bridgehead atoms. The van der Waals surface area contributed by atoms with Crippen LogP contribution in [0.3, 0.4) is 0 Å². The summed E-state index contributed by atoms with van der Waals surface area (Å²) in [6.45, 7) is -4.85. The van der Waals surface area contributed by atoms with Gasteiger partial charge >= 0.3 is 58.4 Å². The smallest absolute Gasteiger partial charge is 0.449 e. The summed E-state index contributed by atoms with van der Waals surface area (Å²) in [5.74, 6) is -0.278. The molecular formula is C3H5BF3KN4. The van der Waals surface area contributed by atoms with Gasteiger partial charge in [-0.1, -0.05) is 0 Å². The van der Waals surface area contributed by atoms with Crippen LogP contribution in [0.4, 0.5) is 12.9 Å². The van der Waals surface area contributed by atoms with Crippen LogP contribution in [0.15, 0.2) is 0 Å². The zero-order valence-electron chi connectivity index (χ0n) is 6.71. The number of aryl methyl sites for hydroxylation is 1. The van der Waals surface area contributed by atoms with Crippen molar-refractivity contribution in [3.05, 3.63) is 5.82 Å². The zero-order chi connectivity index (χ0) is 8.48. The van der Waals surface area contributed by atoms with Crippen molar-refractivity contribution in [1.82, 2.24) is 20.2 Å². The summed E-state index contributed by atoms with van der Waals surface area (Å²) in [6.07, 6.45) is -1.06. The molecule has 4 nitrogen and oxygen atoms in total. The van der Waals surface area contributed by atoms with Crippen LogP contribution in [0.2, 0.25) is 0 Å². The molecule has 12 heavy (non-hydrogen) atoms. The molecule has 0 N–H and O–H groups in total. The van der Waals surface area contributed by atoms with Crippen LogP contribution in [0.1, 0.15) is 5.82 Å². The van der Waals surface area contributed by atoms with E-state index in [1.54, 1.807) is 0 Å². The average molecular weight is 204 g/mol. The second-order valence-corrected chi connectivity index (χ2v) is 2.11. The molecule has 1 aromatic rings. The van der Waals surface area contributed by atoms with Gasteiger partial charge in [0.05, 0.1) is 7.05 Å². The third-order valence-electron chi connectivity index (χ3n) is 0.964. The third kappa shape index (κ3) is 4.55. The van der Waals surface area contributed by atoms with Gasteiger partial charge in [-0.2, -0.15) is 4.80 Å². The monoisotopic (exact) mass is 204 g/mol. The summed E-state index contributed by atoms with van der Waals surface area (Å²) in [7, 11) is 1.42. The molecule has 0 unspecified atom stereocenters. The van der Waals surface area contributed by atoms with E-state index in [4.69, 9.17) is 0 Å². The van der Waals surface area contributed by atoms with Gasteiger partial charge in [0, 0.05) is 0 Å². The molecule has 0 aliphatic heterocycles. The second kappa shape index (κ2) is 4.70. The number of aromatic nitrogens is 4. The van der Waals surface area contributed by atoms with E-state index in [-0.39, 0.29) is 57.2 Å². The maximum absolute atomic E-state index is 11.7. The Balaban J connectivity index is 0.00000121. The molecule has 1 aromatic heterocycles. The SMILES string of the molecule is Cn1nnc(C[B-](F)(F)F)n1.[K+]. The van der Waals surface area contributed by atoms with Crippen molar-refractivity contribution < 1.29 is 64.3 Å². The van der Waals surface area contributed by atoms with E-state index < -0.39 is 13.3 Å². The predicted molar refractivity (Wildman–Crippen MR) is 31.6 cm³/mol. The quantitative estimate of drug-likeness (QED) is 0.487. The van der Waals surface area contributed by atoms with Crippen LogP contribution in [0.5, 0.6) is 0 Å². The Morgan fingerprint density at radius 1 is 1.42 bits per heavy atom. The maximum atomic E-state index is 11.7. The molecule has 0 amide bonds. The molecule has 0 atom stereocenters. The second-order valence-electron chi connectivity index (χ2n) is 2.11. The van der Waals surface area contributed by atoms with E-state index in [0.29, 0.717) is 0 Å². The Morgan fingerprint density at radius 3 is 2.33 bits per heavy atom. The van der Waals surface area contributed by atoms with Crippen LogP contribution >= 0.6 is 0 Å². The molecule has 0 saturated carbocycles. The normalized spacial score (nSPS) is 11.0. The van der Waals surface area contributed by atoms with Crippen LogP contribution < -0.4 is 51.4 Å². The van der Waals surface area contributed by atoms with Gasteiger partial charge in [0.2, 0.25) is 0 Å². The van der Waals surface area contributed by atoms with Crippen molar-refractivity contribution >= 4 is 6.98 Å². The van der Waals surface area contributed by atoms with Crippen molar-refractivity contribution in [2.45, 2.75) is 6.32 Å². The fraction of sp³-hybridized carbons (Fsp3) is 0.667. The molecule has 1 rings (SSSR count). The molecular weight excluding hydrogens is 199 g/mol. The zero-order valence-corrected chi connectivity index (χ0v) is 9.83. The summed E-state index contributed by atoms with van der Waals surface area (Å²) >= 11 is 0. The fourth-order valence-electron chi connectivity index (χ4n) is 0.612. The molecule has 0 fully saturated rings. The Labute approximate surface area is 109 Å². The third-order valence-corrected chi connectivity index (χ3v) is 0.964. The first-order chi connectivity index (χ1) is 4.97. The van der Waals surface area contributed by atoms with Gasteiger partial charge in [0.1, 0.15) is 5.82 Å².